The van der Waals surface area contributed by atoms with E-state index in [2.05, 4.69) is 65.3 Å². The molecule has 4 atom stereocenters. The number of carbonyl (C=O) groups is 1. The van der Waals surface area contributed by atoms with Crippen molar-refractivity contribution in [1.29, 1.82) is 0 Å². The van der Waals surface area contributed by atoms with Gasteiger partial charge in [-0.3, -0.25) is 4.79 Å². The molecule has 2 heterocycles. The van der Waals surface area contributed by atoms with Crippen molar-refractivity contribution in [1.82, 2.24) is 9.80 Å². The van der Waals surface area contributed by atoms with Crippen LogP contribution in [0.4, 0.5) is 0 Å². The normalized spacial score (nSPS) is 25.0. The Hall–Kier alpha value is -2.69. The van der Waals surface area contributed by atoms with Gasteiger partial charge in [0, 0.05) is 43.6 Å². The molecule has 1 saturated carbocycles. The molecule has 2 aliphatic carbocycles. The lowest BCUT2D eigenvalue weighted by Gasteiger charge is -2.35. The van der Waals surface area contributed by atoms with Gasteiger partial charge in [0.25, 0.3) is 0 Å². The van der Waals surface area contributed by atoms with Gasteiger partial charge in [0.05, 0.1) is 0 Å². The standard InChI is InChI=1S/C36H46N2O2.C2H6/c1-27-10-5-6-20-38(27)21-9-17-36(39)30-14-7-15-32(24-30)40-31-18-22-37(23-19-31)26-35(28-11-3-2-4-12-28)33-16-8-13-29-25-34(29)33;1-2/h2-4,7-8,11-16,24,27,29,31,34-35H,5-6,9-10,17-23,25-26H2,1H3;1-2H3. The molecule has 4 heteroatoms. The van der Waals surface area contributed by atoms with Gasteiger partial charge in [-0.05, 0) is 88.1 Å². The van der Waals surface area contributed by atoms with Crippen LogP contribution in [0.25, 0.3) is 0 Å². The number of ether oxygens (including phenoxy) is 1. The fourth-order valence-corrected chi connectivity index (χ4v) is 7.19. The van der Waals surface area contributed by atoms with Crippen molar-refractivity contribution in [3.8, 4) is 5.75 Å². The van der Waals surface area contributed by atoms with Gasteiger partial charge in [-0.1, -0.05) is 86.5 Å². The molecule has 6 rings (SSSR count). The Bertz CT molecular complexity index is 1200. The molecule has 0 radical (unpaired) electrons. The third-order valence-corrected chi connectivity index (χ3v) is 9.74. The molecule has 2 aromatic rings. The molecule has 0 amide bonds. The second-order valence-electron chi connectivity index (χ2n) is 12.6. The number of rotatable bonds is 11. The highest BCUT2D eigenvalue weighted by atomic mass is 16.5. The molecule has 2 saturated heterocycles. The molecular weight excluding hydrogens is 516 g/mol. The van der Waals surface area contributed by atoms with Crippen molar-refractivity contribution in [2.75, 3.05) is 32.7 Å². The number of carbonyl (C=O) groups excluding carboxylic acids is 1. The molecule has 4 unspecified atom stereocenters. The summed E-state index contributed by atoms with van der Waals surface area (Å²) < 4.78 is 6.43. The van der Waals surface area contributed by atoms with Gasteiger partial charge < -0.3 is 14.5 Å². The Morgan fingerprint density at radius 3 is 2.57 bits per heavy atom. The average molecular weight is 569 g/mol. The lowest BCUT2D eigenvalue weighted by atomic mass is 9.85. The number of Topliss-reactive ketones (excluding diaryl/α,β-unsaturated/α-hetero) is 1. The van der Waals surface area contributed by atoms with E-state index in [1.54, 1.807) is 5.57 Å². The number of fused-ring (bicyclic) bond motifs is 1. The maximum Gasteiger partial charge on any atom is 0.163 e. The minimum atomic E-state index is 0.210. The summed E-state index contributed by atoms with van der Waals surface area (Å²) in [5.74, 6) is 3.07. The molecule has 0 aromatic heterocycles. The number of allylic oxidation sites excluding steroid dienone is 3. The number of benzene rings is 2. The van der Waals surface area contributed by atoms with Crippen LogP contribution in [0.2, 0.25) is 0 Å². The van der Waals surface area contributed by atoms with Crippen LogP contribution in [0.5, 0.6) is 5.75 Å². The van der Waals surface area contributed by atoms with E-state index < -0.39 is 0 Å². The van der Waals surface area contributed by atoms with E-state index in [4.69, 9.17) is 4.74 Å². The smallest absolute Gasteiger partial charge is 0.163 e. The second-order valence-corrected chi connectivity index (χ2v) is 12.6. The highest BCUT2D eigenvalue weighted by Crippen LogP contribution is 2.51. The largest absolute Gasteiger partial charge is 0.490 e. The summed E-state index contributed by atoms with van der Waals surface area (Å²) in [5, 5.41) is 0. The van der Waals surface area contributed by atoms with Crippen LogP contribution in [0, 0.1) is 11.8 Å². The van der Waals surface area contributed by atoms with Crippen LogP contribution in [-0.4, -0.2) is 60.5 Å². The van der Waals surface area contributed by atoms with E-state index in [1.807, 2.05) is 38.1 Å². The Kier molecular flexibility index (Phi) is 11.1. The van der Waals surface area contributed by atoms with Gasteiger partial charge >= 0.3 is 0 Å². The van der Waals surface area contributed by atoms with Gasteiger partial charge in [-0.25, -0.2) is 0 Å². The third kappa shape index (κ3) is 8.02. The van der Waals surface area contributed by atoms with Crippen LogP contribution >= 0.6 is 0 Å². The summed E-state index contributed by atoms with van der Waals surface area (Å²) in [6.45, 7) is 11.7. The Balaban J connectivity index is 0.00000173. The SMILES string of the molecule is CC.CC1CCCCN1CCCC(=O)c1cccc(OC2CCN(CC(C3=CC=CC4CC34)c3ccccc3)CC2)c1. The second kappa shape index (κ2) is 15.2. The Morgan fingerprint density at radius 1 is 0.976 bits per heavy atom. The van der Waals surface area contributed by atoms with Crippen molar-refractivity contribution in [2.45, 2.75) is 90.2 Å². The van der Waals surface area contributed by atoms with E-state index in [-0.39, 0.29) is 11.9 Å². The molecule has 4 aliphatic rings. The number of piperidine rings is 2. The first-order valence-electron chi connectivity index (χ1n) is 16.8. The number of nitrogens with zero attached hydrogens (tertiary/aromatic N) is 2. The first-order chi connectivity index (χ1) is 20.6. The molecule has 3 fully saturated rings. The van der Waals surface area contributed by atoms with Crippen LogP contribution in [0.1, 0.15) is 94.0 Å². The van der Waals surface area contributed by atoms with Crippen LogP contribution in [-0.2, 0) is 0 Å². The van der Waals surface area contributed by atoms with Crippen LogP contribution in [0.15, 0.2) is 78.4 Å². The fourth-order valence-electron chi connectivity index (χ4n) is 7.19. The predicted molar refractivity (Wildman–Crippen MR) is 174 cm³/mol. The zero-order valence-electron chi connectivity index (χ0n) is 26.2. The molecule has 0 N–H and O–H groups in total. The zero-order chi connectivity index (χ0) is 29.3. The topological polar surface area (TPSA) is 32.8 Å². The summed E-state index contributed by atoms with van der Waals surface area (Å²) in [4.78, 5) is 18.1. The number of hydrogen-bond acceptors (Lipinski definition) is 4. The first kappa shape index (κ1) is 30.8. The van der Waals surface area contributed by atoms with Crippen molar-refractivity contribution in [2.24, 2.45) is 11.8 Å². The Morgan fingerprint density at radius 2 is 1.79 bits per heavy atom. The summed E-state index contributed by atoms with van der Waals surface area (Å²) in [7, 11) is 0. The Labute approximate surface area is 254 Å². The molecule has 4 nitrogen and oxygen atoms in total. The van der Waals surface area contributed by atoms with Crippen molar-refractivity contribution in [3.63, 3.8) is 0 Å². The predicted octanol–water partition coefficient (Wildman–Crippen LogP) is 8.31. The third-order valence-electron chi connectivity index (χ3n) is 9.74. The first-order valence-corrected chi connectivity index (χ1v) is 16.8. The fraction of sp³-hybridized carbons (Fsp3) is 0.553. The summed E-state index contributed by atoms with van der Waals surface area (Å²) in [6.07, 6.45) is 16.1. The molecule has 42 heavy (non-hydrogen) atoms. The maximum atomic E-state index is 12.9. The van der Waals surface area contributed by atoms with Gasteiger partial charge in [-0.15, -0.1) is 0 Å². The number of likely N-dealkylation sites (tertiary alicyclic amines) is 2. The molecule has 226 valence electrons. The molecular formula is C38H52N2O2. The van der Waals surface area contributed by atoms with Gasteiger partial charge in [0.1, 0.15) is 11.9 Å². The van der Waals surface area contributed by atoms with Crippen molar-refractivity contribution >= 4 is 5.78 Å². The minimum Gasteiger partial charge on any atom is -0.490 e. The van der Waals surface area contributed by atoms with Crippen LogP contribution < -0.4 is 4.74 Å². The van der Waals surface area contributed by atoms with E-state index in [0.29, 0.717) is 18.4 Å². The zero-order valence-corrected chi connectivity index (χ0v) is 26.2. The van der Waals surface area contributed by atoms with E-state index in [9.17, 15) is 4.79 Å². The molecule has 0 spiro atoms. The molecule has 2 aliphatic heterocycles. The van der Waals surface area contributed by atoms with E-state index in [0.717, 1.165) is 68.6 Å². The van der Waals surface area contributed by atoms with Crippen molar-refractivity contribution in [3.05, 3.63) is 89.5 Å². The average Bonchev–Trinajstić information content (AvgIpc) is 3.84. The van der Waals surface area contributed by atoms with E-state index >= 15 is 0 Å². The molecule has 2 aromatic carbocycles. The monoisotopic (exact) mass is 568 g/mol. The lowest BCUT2D eigenvalue weighted by Crippen LogP contribution is -2.40. The van der Waals surface area contributed by atoms with E-state index in [1.165, 1.54) is 37.8 Å². The number of ketones is 1. The van der Waals surface area contributed by atoms with Gasteiger partial charge in [0.2, 0.25) is 0 Å². The van der Waals surface area contributed by atoms with Crippen molar-refractivity contribution < 1.29 is 9.53 Å². The highest BCUT2D eigenvalue weighted by Gasteiger charge is 2.42. The lowest BCUT2D eigenvalue weighted by molar-refractivity contribution is 0.0949. The quantitative estimate of drug-likeness (QED) is 0.255. The van der Waals surface area contributed by atoms with Crippen LogP contribution in [0.3, 0.4) is 0 Å². The summed E-state index contributed by atoms with van der Waals surface area (Å²) in [5.41, 5.74) is 3.87. The molecule has 0 bridgehead atoms. The maximum absolute atomic E-state index is 12.9. The van der Waals surface area contributed by atoms with Gasteiger partial charge in [-0.2, -0.15) is 0 Å². The highest BCUT2D eigenvalue weighted by molar-refractivity contribution is 5.96. The van der Waals surface area contributed by atoms with Gasteiger partial charge in [0.15, 0.2) is 5.78 Å². The number of hydrogen-bond donors (Lipinski definition) is 0. The summed E-state index contributed by atoms with van der Waals surface area (Å²) in [6, 6.07) is 19.7. The summed E-state index contributed by atoms with van der Waals surface area (Å²) >= 11 is 0. The minimum absolute atomic E-state index is 0.210.